The molecule has 0 bridgehead atoms. The van der Waals surface area contributed by atoms with Gasteiger partial charge in [-0.25, -0.2) is 10.4 Å². The maximum atomic E-state index is 8.90. The second-order valence-electron chi connectivity index (χ2n) is 2.30. The predicted molar refractivity (Wildman–Crippen MR) is 42.5 cm³/mol. The summed E-state index contributed by atoms with van der Waals surface area (Å²) in [4.78, 5) is 0. The average molecular weight is 163 g/mol. The van der Waals surface area contributed by atoms with Crippen LogP contribution < -0.4 is 11.2 Å². The number of nitrogens with two attached hydrogens (primary N) is 1. The van der Waals surface area contributed by atoms with Gasteiger partial charge >= 0.3 is 0 Å². The molecule has 5 heteroatoms. The van der Waals surface area contributed by atoms with Crippen molar-refractivity contribution >= 4 is 0 Å². The van der Waals surface area contributed by atoms with Gasteiger partial charge in [0, 0.05) is 19.6 Å². The summed E-state index contributed by atoms with van der Waals surface area (Å²) >= 11 is 0. The van der Waals surface area contributed by atoms with Crippen LogP contribution in [-0.2, 0) is 0 Å². The molecule has 0 aromatic rings. The van der Waals surface area contributed by atoms with Crippen molar-refractivity contribution in [2.24, 2.45) is 5.73 Å². The second-order valence-corrected chi connectivity index (χ2v) is 2.30. The summed E-state index contributed by atoms with van der Waals surface area (Å²) in [5.41, 5.74) is 8.02. The molecule has 5 nitrogen and oxygen atoms in total. The van der Waals surface area contributed by atoms with Crippen molar-refractivity contribution in [1.29, 1.82) is 0 Å². The highest BCUT2D eigenvalue weighted by atomic mass is 16.3. The molecule has 11 heavy (non-hydrogen) atoms. The van der Waals surface area contributed by atoms with Crippen LogP contribution >= 0.6 is 0 Å². The third-order valence-electron chi connectivity index (χ3n) is 1.14. The molecule has 0 rings (SSSR count). The zero-order valence-electron chi connectivity index (χ0n) is 6.82. The van der Waals surface area contributed by atoms with Crippen LogP contribution in [0, 0.1) is 0 Å². The molecule has 0 aliphatic rings. The second kappa shape index (κ2) is 6.51. The molecule has 0 saturated carbocycles. The smallest absolute Gasteiger partial charge is 0.114 e. The van der Waals surface area contributed by atoms with Crippen molar-refractivity contribution in [2.45, 2.75) is 13.2 Å². The van der Waals surface area contributed by atoms with Crippen LogP contribution in [0.4, 0.5) is 0 Å². The Kier molecular flexibility index (Phi) is 6.39. The van der Waals surface area contributed by atoms with Gasteiger partial charge in [-0.15, -0.1) is 0 Å². The van der Waals surface area contributed by atoms with E-state index in [1.807, 2.05) is 0 Å². The minimum absolute atomic E-state index is 0.0553. The lowest BCUT2D eigenvalue weighted by molar-refractivity contribution is 0.0385. The van der Waals surface area contributed by atoms with Gasteiger partial charge in [0.1, 0.15) is 6.23 Å². The summed E-state index contributed by atoms with van der Waals surface area (Å²) in [6.45, 7) is 3.26. The van der Waals surface area contributed by atoms with Gasteiger partial charge in [-0.2, -0.15) is 0 Å². The first-order chi connectivity index (χ1) is 5.20. The van der Waals surface area contributed by atoms with E-state index in [9.17, 15) is 0 Å². The summed E-state index contributed by atoms with van der Waals surface area (Å²) < 4.78 is 0. The molecule has 0 aromatic carbocycles. The van der Waals surface area contributed by atoms with Crippen LogP contribution in [0.15, 0.2) is 0 Å². The molecule has 0 spiro atoms. The van der Waals surface area contributed by atoms with Crippen molar-refractivity contribution in [3.05, 3.63) is 0 Å². The summed E-state index contributed by atoms with van der Waals surface area (Å²) in [5, 5.41) is 19.2. The third-order valence-corrected chi connectivity index (χ3v) is 1.14. The highest BCUT2D eigenvalue weighted by Crippen LogP contribution is 1.82. The van der Waals surface area contributed by atoms with Crippen LogP contribution in [0.25, 0.3) is 0 Å². The molecule has 1 atom stereocenters. The number of hydrazine groups is 1. The normalized spacial score (nSPS) is 13.9. The van der Waals surface area contributed by atoms with Gasteiger partial charge in [-0.3, -0.25) is 0 Å². The fourth-order valence-electron chi connectivity index (χ4n) is 0.782. The van der Waals surface area contributed by atoms with Crippen molar-refractivity contribution in [3.63, 3.8) is 0 Å². The number of aliphatic hydroxyl groups excluding tert-OH is 2. The number of nitrogens with one attached hydrogen (secondary N) is 1. The Morgan fingerprint density at radius 1 is 1.55 bits per heavy atom. The first kappa shape index (κ1) is 10.8. The quantitative estimate of drug-likeness (QED) is 0.271. The summed E-state index contributed by atoms with van der Waals surface area (Å²) in [7, 11) is 0. The third kappa shape index (κ3) is 6.21. The highest BCUT2D eigenvalue weighted by molar-refractivity contribution is 4.52. The van der Waals surface area contributed by atoms with Crippen LogP contribution in [0.2, 0.25) is 0 Å². The van der Waals surface area contributed by atoms with Crippen molar-refractivity contribution < 1.29 is 10.2 Å². The minimum Gasteiger partial charge on any atom is -0.395 e. The molecule has 1 unspecified atom stereocenters. The van der Waals surface area contributed by atoms with Crippen LogP contribution in [0.5, 0.6) is 0 Å². The van der Waals surface area contributed by atoms with Gasteiger partial charge in [0.25, 0.3) is 0 Å². The van der Waals surface area contributed by atoms with E-state index in [1.54, 1.807) is 11.9 Å². The molecule has 0 radical (unpaired) electrons. The van der Waals surface area contributed by atoms with E-state index in [1.165, 1.54) is 0 Å². The maximum Gasteiger partial charge on any atom is 0.114 e. The molecule has 5 N–H and O–H groups in total. The van der Waals surface area contributed by atoms with E-state index in [2.05, 4.69) is 5.43 Å². The molecule has 0 heterocycles. The number of aliphatic hydroxyl groups is 2. The largest absolute Gasteiger partial charge is 0.395 e. The number of rotatable bonds is 6. The molecule has 0 aliphatic carbocycles. The molecule has 0 fully saturated rings. The van der Waals surface area contributed by atoms with Gasteiger partial charge < -0.3 is 15.9 Å². The van der Waals surface area contributed by atoms with Crippen LogP contribution in [0.3, 0.4) is 0 Å². The van der Waals surface area contributed by atoms with Gasteiger partial charge in [-0.1, -0.05) is 0 Å². The molecule has 0 saturated heterocycles. The van der Waals surface area contributed by atoms with Gasteiger partial charge in [-0.05, 0) is 6.92 Å². The zero-order chi connectivity index (χ0) is 8.69. The van der Waals surface area contributed by atoms with Gasteiger partial charge in [0.05, 0.1) is 6.61 Å². The molecule has 0 aliphatic heterocycles. The topological polar surface area (TPSA) is 81.8 Å². The van der Waals surface area contributed by atoms with Gasteiger partial charge in [0.2, 0.25) is 0 Å². The fourth-order valence-corrected chi connectivity index (χ4v) is 0.782. The van der Waals surface area contributed by atoms with E-state index >= 15 is 0 Å². The Labute approximate surface area is 66.8 Å². The predicted octanol–water partition coefficient (Wildman–Crippen LogP) is -1.92. The van der Waals surface area contributed by atoms with E-state index in [4.69, 9.17) is 15.9 Å². The van der Waals surface area contributed by atoms with Crippen LogP contribution in [-0.4, -0.2) is 47.7 Å². The number of hydrogen-bond acceptors (Lipinski definition) is 5. The average Bonchev–Trinajstić information content (AvgIpc) is 1.87. The van der Waals surface area contributed by atoms with E-state index in [0.717, 1.165) is 0 Å². The summed E-state index contributed by atoms with van der Waals surface area (Å²) in [5.74, 6) is 0. The molecule has 0 aromatic heterocycles. The summed E-state index contributed by atoms with van der Waals surface area (Å²) in [6, 6.07) is 0. The van der Waals surface area contributed by atoms with E-state index in [0.29, 0.717) is 19.6 Å². The van der Waals surface area contributed by atoms with Crippen molar-refractivity contribution in [3.8, 4) is 0 Å². The minimum atomic E-state index is -0.604. The van der Waals surface area contributed by atoms with Crippen LogP contribution in [0.1, 0.15) is 6.92 Å². The Hall–Kier alpha value is -0.200. The highest BCUT2D eigenvalue weighted by Gasteiger charge is 2.03. The first-order valence-corrected chi connectivity index (χ1v) is 3.70. The number of hydrogen-bond donors (Lipinski definition) is 4. The molecule has 0 amide bonds. The van der Waals surface area contributed by atoms with E-state index < -0.39 is 6.23 Å². The molecular formula is C6H17N3O2. The number of nitrogens with zero attached hydrogens (tertiary/aromatic N) is 1. The fraction of sp³-hybridized carbons (Fsp3) is 1.00. The Bertz CT molecular complexity index is 83.9. The zero-order valence-corrected chi connectivity index (χ0v) is 6.82. The van der Waals surface area contributed by atoms with Gasteiger partial charge in [0.15, 0.2) is 0 Å². The standard InChI is InChI=1S/C6H17N3O2/c1-6(11)8-9(3-2-7)4-5-10/h6,8,10-11H,2-5,7H2,1H3. The van der Waals surface area contributed by atoms with Crippen molar-refractivity contribution in [2.75, 3.05) is 26.2 Å². The Morgan fingerprint density at radius 2 is 2.18 bits per heavy atom. The lowest BCUT2D eigenvalue weighted by Crippen LogP contribution is -2.47. The Balaban J connectivity index is 3.50. The first-order valence-electron chi connectivity index (χ1n) is 3.70. The monoisotopic (exact) mass is 163 g/mol. The molecule has 68 valence electrons. The van der Waals surface area contributed by atoms with E-state index in [-0.39, 0.29) is 6.61 Å². The Morgan fingerprint density at radius 3 is 2.55 bits per heavy atom. The SMILES string of the molecule is CC(O)NN(CCN)CCO. The summed E-state index contributed by atoms with van der Waals surface area (Å²) in [6.07, 6.45) is -0.604. The van der Waals surface area contributed by atoms with Crippen molar-refractivity contribution in [1.82, 2.24) is 10.4 Å². The maximum absolute atomic E-state index is 8.90. The lowest BCUT2D eigenvalue weighted by Gasteiger charge is -2.23. The lowest BCUT2D eigenvalue weighted by atomic mass is 10.5. The molecular weight excluding hydrogens is 146 g/mol.